The van der Waals surface area contributed by atoms with Gasteiger partial charge < -0.3 is 14.2 Å². The van der Waals surface area contributed by atoms with E-state index >= 15 is 0 Å². The lowest BCUT2D eigenvalue weighted by Gasteiger charge is -2.13. The van der Waals surface area contributed by atoms with Crippen molar-refractivity contribution in [1.29, 1.82) is 0 Å². The molecular weight excluding hydrogens is 523 g/mol. The third-order valence-electron chi connectivity index (χ3n) is 4.99. The lowest BCUT2D eigenvalue weighted by atomic mass is 10.2. The number of hydrogen-bond donors (Lipinski definition) is 1. The zero-order valence-corrected chi connectivity index (χ0v) is 21.5. The van der Waals surface area contributed by atoms with Crippen molar-refractivity contribution >= 4 is 62.7 Å². The first kappa shape index (κ1) is 25.5. The van der Waals surface area contributed by atoms with E-state index in [0.29, 0.717) is 32.0 Å². The maximum atomic E-state index is 12.8. The van der Waals surface area contributed by atoms with E-state index in [1.165, 1.54) is 24.7 Å². The van der Waals surface area contributed by atoms with Gasteiger partial charge in [0.1, 0.15) is 10.6 Å². The molecule has 4 aromatic rings. The molecule has 0 spiro atoms. The second-order valence-corrected chi connectivity index (χ2v) is 9.36. The van der Waals surface area contributed by atoms with Crippen molar-refractivity contribution in [2.24, 2.45) is 5.10 Å². The fourth-order valence-electron chi connectivity index (χ4n) is 3.17. The Kier molecular flexibility index (Phi) is 8.10. The molecule has 3 aromatic carbocycles. The third kappa shape index (κ3) is 5.96. The molecule has 1 heterocycles. The van der Waals surface area contributed by atoms with Gasteiger partial charge in [-0.05, 0) is 61.0 Å². The quantitative estimate of drug-likeness (QED) is 0.121. The van der Waals surface area contributed by atoms with Gasteiger partial charge in [0.05, 0.1) is 18.3 Å². The number of esters is 1. The van der Waals surface area contributed by atoms with Crippen molar-refractivity contribution in [3.8, 4) is 17.2 Å². The molecule has 0 aliphatic carbocycles. The van der Waals surface area contributed by atoms with Crippen LogP contribution in [0.3, 0.4) is 0 Å². The van der Waals surface area contributed by atoms with Gasteiger partial charge in [-0.3, -0.25) is 4.79 Å². The lowest BCUT2D eigenvalue weighted by molar-refractivity contribution is -0.127. The summed E-state index contributed by atoms with van der Waals surface area (Å²) in [6.45, 7) is 1.61. The number of rotatable bonds is 8. The van der Waals surface area contributed by atoms with Crippen molar-refractivity contribution in [2.75, 3.05) is 7.11 Å². The Morgan fingerprint density at radius 1 is 1.03 bits per heavy atom. The van der Waals surface area contributed by atoms with E-state index in [1.54, 1.807) is 49.4 Å². The van der Waals surface area contributed by atoms with Crippen LogP contribution in [0.2, 0.25) is 10.0 Å². The molecule has 0 bridgehead atoms. The summed E-state index contributed by atoms with van der Waals surface area (Å²) in [6, 6.07) is 19.0. The van der Waals surface area contributed by atoms with Crippen molar-refractivity contribution in [3.05, 3.63) is 87.2 Å². The van der Waals surface area contributed by atoms with E-state index < -0.39 is 18.0 Å². The molecule has 1 aromatic heterocycles. The number of methoxy groups -OCH3 is 1. The summed E-state index contributed by atoms with van der Waals surface area (Å²) >= 11 is 13.5. The van der Waals surface area contributed by atoms with Gasteiger partial charge >= 0.3 is 5.97 Å². The van der Waals surface area contributed by atoms with Gasteiger partial charge in [0.25, 0.3) is 5.91 Å². The average Bonchev–Trinajstić information content (AvgIpc) is 3.22. The van der Waals surface area contributed by atoms with Crippen LogP contribution in [0.5, 0.6) is 17.2 Å². The molecular formula is C26H20Cl2N2O5S. The smallest absolute Gasteiger partial charge is 0.355 e. The van der Waals surface area contributed by atoms with E-state index in [9.17, 15) is 9.59 Å². The number of thiophene rings is 1. The monoisotopic (exact) mass is 542 g/mol. The van der Waals surface area contributed by atoms with Crippen molar-refractivity contribution < 1.29 is 23.8 Å². The molecule has 4 rings (SSSR count). The molecule has 10 heteroatoms. The molecule has 1 N–H and O–H groups in total. The van der Waals surface area contributed by atoms with Gasteiger partial charge in [0.15, 0.2) is 17.6 Å². The molecule has 36 heavy (non-hydrogen) atoms. The van der Waals surface area contributed by atoms with Gasteiger partial charge in [-0.25, -0.2) is 10.2 Å². The number of nitrogens with one attached hydrogen (secondary N) is 1. The van der Waals surface area contributed by atoms with Crippen LogP contribution >= 0.6 is 34.5 Å². The highest BCUT2D eigenvalue weighted by Crippen LogP contribution is 2.37. The Balaban J connectivity index is 1.39. The van der Waals surface area contributed by atoms with E-state index in [2.05, 4.69) is 10.5 Å². The number of ether oxygens (including phenoxy) is 3. The minimum Gasteiger partial charge on any atom is -0.493 e. The molecule has 1 amide bonds. The highest BCUT2D eigenvalue weighted by atomic mass is 35.5. The number of carbonyl (C=O) groups excluding carboxylic acids is 2. The first-order chi connectivity index (χ1) is 17.4. The van der Waals surface area contributed by atoms with Crippen molar-refractivity contribution in [3.63, 3.8) is 0 Å². The number of hydrazone groups is 1. The van der Waals surface area contributed by atoms with Gasteiger partial charge in [0.2, 0.25) is 0 Å². The zero-order valence-electron chi connectivity index (χ0n) is 19.2. The zero-order chi connectivity index (χ0) is 25.7. The third-order valence-corrected chi connectivity index (χ3v) is 6.90. The van der Waals surface area contributed by atoms with E-state index in [1.807, 2.05) is 24.3 Å². The van der Waals surface area contributed by atoms with Gasteiger partial charge in [0, 0.05) is 15.1 Å². The summed E-state index contributed by atoms with van der Waals surface area (Å²) in [6.07, 6.45) is 0.657. The standard InChI is InChI=1S/C26H20Cl2N2O5S/c1-15(34-18-10-8-17(27)9-11-18)25(31)30-29-14-16-7-12-20(21(13-16)33-2)35-26(32)24-23(28)19-5-3-4-6-22(19)36-24/h3-15H,1-2H3,(H,30,31)/b29-14+. The number of halogens is 2. The number of benzene rings is 3. The topological polar surface area (TPSA) is 86.2 Å². The average molecular weight is 543 g/mol. The lowest BCUT2D eigenvalue weighted by Crippen LogP contribution is -2.33. The van der Waals surface area contributed by atoms with Crippen LogP contribution in [0.1, 0.15) is 22.2 Å². The van der Waals surface area contributed by atoms with Crippen LogP contribution < -0.4 is 19.6 Å². The summed E-state index contributed by atoms with van der Waals surface area (Å²) in [4.78, 5) is 25.3. The van der Waals surface area contributed by atoms with E-state index in [0.717, 1.165) is 10.1 Å². The second kappa shape index (κ2) is 11.4. The van der Waals surface area contributed by atoms with Crippen LogP contribution in [0.4, 0.5) is 0 Å². The Labute approximate surface area is 221 Å². The first-order valence-electron chi connectivity index (χ1n) is 10.7. The Hall–Kier alpha value is -3.59. The Bertz CT molecular complexity index is 1440. The molecule has 7 nitrogen and oxygen atoms in total. The largest absolute Gasteiger partial charge is 0.493 e. The first-order valence-corrected chi connectivity index (χ1v) is 12.3. The molecule has 0 radical (unpaired) electrons. The van der Waals surface area contributed by atoms with Gasteiger partial charge in [-0.15, -0.1) is 11.3 Å². The summed E-state index contributed by atoms with van der Waals surface area (Å²) in [5.74, 6) is 0.0390. The summed E-state index contributed by atoms with van der Waals surface area (Å²) in [5, 5.41) is 5.69. The van der Waals surface area contributed by atoms with Crippen molar-refractivity contribution in [1.82, 2.24) is 5.43 Å². The number of carbonyl (C=O) groups is 2. The fraction of sp³-hybridized carbons (Fsp3) is 0.115. The van der Waals surface area contributed by atoms with Crippen LogP contribution in [0.25, 0.3) is 10.1 Å². The number of fused-ring (bicyclic) bond motifs is 1. The Morgan fingerprint density at radius 2 is 1.78 bits per heavy atom. The molecule has 1 atom stereocenters. The minimum absolute atomic E-state index is 0.224. The minimum atomic E-state index is -0.777. The molecule has 1 unspecified atom stereocenters. The number of nitrogens with zero attached hydrogens (tertiary/aromatic N) is 1. The van der Waals surface area contributed by atoms with Gasteiger partial charge in [-0.1, -0.05) is 41.4 Å². The molecule has 0 saturated heterocycles. The Morgan fingerprint density at radius 3 is 2.50 bits per heavy atom. The molecule has 184 valence electrons. The number of hydrogen-bond acceptors (Lipinski definition) is 7. The second-order valence-electron chi connectivity index (χ2n) is 7.49. The van der Waals surface area contributed by atoms with Gasteiger partial charge in [-0.2, -0.15) is 5.10 Å². The molecule has 0 saturated carbocycles. The summed E-state index contributed by atoms with van der Waals surface area (Å²) in [5.41, 5.74) is 3.04. The summed E-state index contributed by atoms with van der Waals surface area (Å²) in [7, 11) is 1.46. The fourth-order valence-corrected chi connectivity index (χ4v) is 4.68. The summed E-state index contributed by atoms with van der Waals surface area (Å²) < 4.78 is 17.4. The van der Waals surface area contributed by atoms with Crippen LogP contribution in [-0.4, -0.2) is 31.3 Å². The normalized spacial score (nSPS) is 11.9. The highest BCUT2D eigenvalue weighted by molar-refractivity contribution is 7.21. The molecule has 0 aliphatic rings. The van der Waals surface area contributed by atoms with E-state index in [4.69, 9.17) is 37.4 Å². The SMILES string of the molecule is COc1cc(/C=N/NC(=O)C(C)Oc2ccc(Cl)cc2)ccc1OC(=O)c1sc2ccccc2c1Cl. The maximum Gasteiger partial charge on any atom is 0.355 e. The van der Waals surface area contributed by atoms with E-state index in [-0.39, 0.29) is 5.75 Å². The molecule has 0 aliphatic heterocycles. The number of amides is 1. The van der Waals surface area contributed by atoms with Crippen LogP contribution in [0.15, 0.2) is 71.8 Å². The molecule has 0 fully saturated rings. The predicted molar refractivity (Wildman–Crippen MR) is 142 cm³/mol. The highest BCUT2D eigenvalue weighted by Gasteiger charge is 2.20. The predicted octanol–water partition coefficient (Wildman–Crippen LogP) is 6.35. The van der Waals surface area contributed by atoms with Crippen LogP contribution in [-0.2, 0) is 4.79 Å². The maximum absolute atomic E-state index is 12.8. The van der Waals surface area contributed by atoms with Crippen molar-refractivity contribution in [2.45, 2.75) is 13.0 Å². The van der Waals surface area contributed by atoms with Crippen LogP contribution in [0, 0.1) is 0 Å².